The fraction of sp³-hybridized carbons (Fsp3) is 0.750. The van der Waals surface area contributed by atoms with Crippen molar-refractivity contribution in [3.8, 4) is 0 Å². The van der Waals surface area contributed by atoms with E-state index in [0.717, 1.165) is 18.3 Å². The zero-order valence-electron chi connectivity index (χ0n) is 9.90. The molecule has 2 rings (SSSR count). The van der Waals surface area contributed by atoms with Crippen molar-refractivity contribution in [1.82, 2.24) is 15.1 Å². The van der Waals surface area contributed by atoms with Crippen molar-refractivity contribution in [2.24, 2.45) is 5.92 Å². The van der Waals surface area contributed by atoms with Gasteiger partial charge in [0.2, 0.25) is 0 Å². The molecular formula is C12H21N3. The number of aryl methyl sites for hydroxylation is 1. The van der Waals surface area contributed by atoms with Crippen molar-refractivity contribution in [3.05, 3.63) is 18.0 Å². The van der Waals surface area contributed by atoms with Gasteiger partial charge in [-0.2, -0.15) is 5.10 Å². The zero-order valence-corrected chi connectivity index (χ0v) is 9.90. The van der Waals surface area contributed by atoms with Crippen LogP contribution in [-0.2, 0) is 0 Å². The average molecular weight is 207 g/mol. The van der Waals surface area contributed by atoms with Gasteiger partial charge in [0.05, 0.1) is 11.7 Å². The summed E-state index contributed by atoms with van der Waals surface area (Å²) in [5.41, 5.74) is 1.10. The highest BCUT2D eigenvalue weighted by Crippen LogP contribution is 2.22. The van der Waals surface area contributed by atoms with E-state index in [4.69, 9.17) is 0 Å². The van der Waals surface area contributed by atoms with E-state index in [-0.39, 0.29) is 0 Å². The Morgan fingerprint density at radius 3 is 2.73 bits per heavy atom. The van der Waals surface area contributed by atoms with Crippen LogP contribution in [0.1, 0.15) is 38.4 Å². The molecule has 0 aromatic carbocycles. The number of hydrogen-bond donors (Lipinski definition) is 1. The van der Waals surface area contributed by atoms with Gasteiger partial charge in [-0.25, -0.2) is 0 Å². The summed E-state index contributed by atoms with van der Waals surface area (Å²) < 4.78 is 2.11. The predicted molar refractivity (Wildman–Crippen MR) is 61.9 cm³/mol. The standard InChI is InChI=1S/C12H21N3/c1-9(2)12(8-13-11-4-5-11)15-7-6-10(3)14-15/h6-7,9,11-13H,4-5,8H2,1-3H3. The van der Waals surface area contributed by atoms with E-state index in [1.807, 2.05) is 6.92 Å². The van der Waals surface area contributed by atoms with Gasteiger partial charge in [-0.1, -0.05) is 13.8 Å². The molecule has 0 bridgehead atoms. The molecule has 1 heterocycles. The van der Waals surface area contributed by atoms with Crippen LogP contribution in [0, 0.1) is 12.8 Å². The van der Waals surface area contributed by atoms with Gasteiger partial charge in [0.1, 0.15) is 0 Å². The van der Waals surface area contributed by atoms with Gasteiger partial charge in [-0.3, -0.25) is 4.68 Å². The Hall–Kier alpha value is -0.830. The number of nitrogens with one attached hydrogen (secondary N) is 1. The molecule has 3 nitrogen and oxygen atoms in total. The average Bonchev–Trinajstić information content (AvgIpc) is 2.89. The Morgan fingerprint density at radius 2 is 2.27 bits per heavy atom. The molecule has 0 radical (unpaired) electrons. The molecule has 3 heteroatoms. The van der Waals surface area contributed by atoms with Crippen LogP contribution < -0.4 is 5.32 Å². The van der Waals surface area contributed by atoms with Gasteiger partial charge < -0.3 is 5.32 Å². The lowest BCUT2D eigenvalue weighted by Gasteiger charge is -2.22. The molecule has 1 aliphatic rings. The molecule has 1 aromatic heterocycles. The largest absolute Gasteiger partial charge is 0.312 e. The third kappa shape index (κ3) is 2.81. The summed E-state index contributed by atoms with van der Waals surface area (Å²) in [6.45, 7) is 7.61. The smallest absolute Gasteiger partial charge is 0.0666 e. The fourth-order valence-corrected chi connectivity index (χ4v) is 1.83. The maximum absolute atomic E-state index is 4.51. The summed E-state index contributed by atoms with van der Waals surface area (Å²) in [6.07, 6.45) is 4.79. The summed E-state index contributed by atoms with van der Waals surface area (Å²) >= 11 is 0. The summed E-state index contributed by atoms with van der Waals surface area (Å²) in [5, 5.41) is 8.09. The van der Waals surface area contributed by atoms with Crippen molar-refractivity contribution < 1.29 is 0 Å². The minimum absolute atomic E-state index is 0.485. The van der Waals surface area contributed by atoms with Gasteiger partial charge in [-0.05, 0) is 31.7 Å². The Morgan fingerprint density at radius 1 is 1.53 bits per heavy atom. The molecular weight excluding hydrogens is 186 g/mol. The molecule has 0 aliphatic heterocycles. The molecule has 1 N–H and O–H groups in total. The van der Waals surface area contributed by atoms with Crippen LogP contribution in [0.3, 0.4) is 0 Å². The number of hydrogen-bond acceptors (Lipinski definition) is 2. The maximum Gasteiger partial charge on any atom is 0.0666 e. The van der Waals surface area contributed by atoms with Crippen molar-refractivity contribution in [2.75, 3.05) is 6.54 Å². The van der Waals surface area contributed by atoms with Gasteiger partial charge in [0.25, 0.3) is 0 Å². The summed E-state index contributed by atoms with van der Waals surface area (Å²) in [4.78, 5) is 0. The second kappa shape index (κ2) is 4.35. The van der Waals surface area contributed by atoms with E-state index >= 15 is 0 Å². The molecule has 1 aliphatic carbocycles. The lowest BCUT2D eigenvalue weighted by molar-refractivity contribution is 0.328. The van der Waals surface area contributed by atoms with E-state index in [9.17, 15) is 0 Å². The van der Waals surface area contributed by atoms with E-state index < -0.39 is 0 Å². The first kappa shape index (κ1) is 10.7. The third-order valence-corrected chi connectivity index (χ3v) is 3.04. The first-order valence-corrected chi connectivity index (χ1v) is 5.92. The molecule has 0 amide bonds. The number of aromatic nitrogens is 2. The van der Waals surface area contributed by atoms with Crippen LogP contribution in [0.2, 0.25) is 0 Å². The van der Waals surface area contributed by atoms with E-state index in [0.29, 0.717) is 12.0 Å². The van der Waals surface area contributed by atoms with Crippen LogP contribution in [0.25, 0.3) is 0 Å². The topological polar surface area (TPSA) is 29.9 Å². The Labute approximate surface area is 91.9 Å². The van der Waals surface area contributed by atoms with Gasteiger partial charge in [0.15, 0.2) is 0 Å². The first-order valence-electron chi connectivity index (χ1n) is 5.92. The van der Waals surface area contributed by atoms with Crippen molar-refractivity contribution in [3.63, 3.8) is 0 Å². The van der Waals surface area contributed by atoms with Crippen LogP contribution in [-0.4, -0.2) is 22.4 Å². The lowest BCUT2D eigenvalue weighted by Crippen LogP contribution is -2.30. The highest BCUT2D eigenvalue weighted by Gasteiger charge is 2.23. The highest BCUT2D eigenvalue weighted by atomic mass is 15.3. The molecule has 1 atom stereocenters. The summed E-state index contributed by atoms with van der Waals surface area (Å²) in [7, 11) is 0. The Balaban J connectivity index is 1.97. The second-order valence-corrected chi connectivity index (χ2v) is 4.93. The van der Waals surface area contributed by atoms with Crippen molar-refractivity contribution >= 4 is 0 Å². The quantitative estimate of drug-likeness (QED) is 0.801. The molecule has 0 saturated heterocycles. The van der Waals surface area contributed by atoms with Crippen LogP contribution >= 0.6 is 0 Å². The van der Waals surface area contributed by atoms with E-state index in [1.165, 1.54) is 12.8 Å². The molecule has 1 aromatic rings. The van der Waals surface area contributed by atoms with Gasteiger partial charge >= 0.3 is 0 Å². The fourth-order valence-electron chi connectivity index (χ4n) is 1.83. The lowest BCUT2D eigenvalue weighted by atomic mass is 10.0. The molecule has 1 saturated carbocycles. The second-order valence-electron chi connectivity index (χ2n) is 4.93. The maximum atomic E-state index is 4.51. The highest BCUT2D eigenvalue weighted by molar-refractivity contribution is 4.97. The van der Waals surface area contributed by atoms with Crippen molar-refractivity contribution in [1.29, 1.82) is 0 Å². The Bertz CT molecular complexity index is 312. The first-order chi connectivity index (χ1) is 7.16. The van der Waals surface area contributed by atoms with Gasteiger partial charge in [0, 0.05) is 18.8 Å². The van der Waals surface area contributed by atoms with E-state index in [1.54, 1.807) is 0 Å². The molecule has 84 valence electrons. The van der Waals surface area contributed by atoms with E-state index in [2.05, 4.69) is 41.2 Å². The minimum atomic E-state index is 0.485. The van der Waals surface area contributed by atoms with Crippen molar-refractivity contribution in [2.45, 2.75) is 45.7 Å². The normalized spacial score (nSPS) is 18.4. The molecule has 15 heavy (non-hydrogen) atoms. The summed E-state index contributed by atoms with van der Waals surface area (Å²) in [5.74, 6) is 0.621. The van der Waals surface area contributed by atoms with Gasteiger partial charge in [-0.15, -0.1) is 0 Å². The molecule has 0 spiro atoms. The van der Waals surface area contributed by atoms with Crippen LogP contribution in [0.5, 0.6) is 0 Å². The third-order valence-electron chi connectivity index (χ3n) is 3.04. The SMILES string of the molecule is Cc1ccn(C(CNC2CC2)C(C)C)n1. The monoisotopic (exact) mass is 207 g/mol. The predicted octanol–water partition coefficient (Wildman–Crippen LogP) is 2.14. The van der Waals surface area contributed by atoms with Crippen LogP contribution in [0.4, 0.5) is 0 Å². The Kier molecular flexibility index (Phi) is 3.10. The van der Waals surface area contributed by atoms with Crippen LogP contribution in [0.15, 0.2) is 12.3 Å². The molecule has 1 fully saturated rings. The molecule has 1 unspecified atom stereocenters. The number of rotatable bonds is 5. The zero-order chi connectivity index (χ0) is 10.8. The number of nitrogens with zero attached hydrogens (tertiary/aromatic N) is 2. The minimum Gasteiger partial charge on any atom is -0.312 e. The summed E-state index contributed by atoms with van der Waals surface area (Å²) in [6, 6.07) is 3.34.